The Labute approximate surface area is 181 Å². The molecule has 1 aliphatic heterocycles. The van der Waals surface area contributed by atoms with Crippen molar-refractivity contribution in [3.8, 4) is 0 Å². The summed E-state index contributed by atoms with van der Waals surface area (Å²) in [7, 11) is 0. The Hall–Kier alpha value is -2.55. The molecule has 0 saturated carbocycles. The van der Waals surface area contributed by atoms with Gasteiger partial charge in [-0.05, 0) is 56.0 Å². The predicted octanol–water partition coefficient (Wildman–Crippen LogP) is 2.28. The third-order valence-corrected chi connectivity index (χ3v) is 5.93. The van der Waals surface area contributed by atoms with Gasteiger partial charge in [0, 0.05) is 16.3 Å². The maximum Gasteiger partial charge on any atom is 0.246 e. The van der Waals surface area contributed by atoms with E-state index < -0.39 is 12.1 Å². The second-order valence-electron chi connectivity index (χ2n) is 7.29. The van der Waals surface area contributed by atoms with Gasteiger partial charge in [0.05, 0.1) is 11.9 Å². The lowest BCUT2D eigenvalue weighted by atomic mass is 10.0. The molecule has 7 nitrogen and oxygen atoms in total. The third kappa shape index (κ3) is 6.22. The highest BCUT2D eigenvalue weighted by molar-refractivity contribution is 7.99. The number of fused-ring (bicyclic) bond motifs is 1. The first-order valence-electron chi connectivity index (χ1n) is 10.2. The summed E-state index contributed by atoms with van der Waals surface area (Å²) < 4.78 is 0. The maximum absolute atomic E-state index is 13.0. The van der Waals surface area contributed by atoms with E-state index in [0.717, 1.165) is 22.0 Å². The van der Waals surface area contributed by atoms with Crippen LogP contribution in [0, 0.1) is 0 Å². The van der Waals surface area contributed by atoms with Gasteiger partial charge in [0.2, 0.25) is 11.8 Å². The van der Waals surface area contributed by atoms with Crippen molar-refractivity contribution < 1.29 is 9.59 Å². The summed E-state index contributed by atoms with van der Waals surface area (Å²) in [5, 5.41) is 9.04. The highest BCUT2D eigenvalue weighted by atomic mass is 32.2. The zero-order chi connectivity index (χ0) is 21.3. The molecule has 1 heterocycles. The van der Waals surface area contributed by atoms with E-state index in [2.05, 4.69) is 16.0 Å². The molecule has 0 aliphatic carbocycles. The minimum absolute atomic E-state index is 0.249. The van der Waals surface area contributed by atoms with Crippen molar-refractivity contribution in [2.75, 3.05) is 23.1 Å². The standard InChI is InChI=1S/C22H29N5O2S/c23-12-4-7-17(24)21(28)27-19(10-8-15-5-2-1-3-6-15)22(29)26-16-9-11-18-20(13-16)30-14-25-18/h1-3,5-6,9,11,13,17,19,25H,4,7-8,10,12,14,23-24H2,(H,26,29)(H,27,28)/t17-,19+/m0/s1. The van der Waals surface area contributed by atoms with E-state index in [1.807, 2.05) is 48.5 Å². The summed E-state index contributed by atoms with van der Waals surface area (Å²) in [6.07, 6.45) is 2.30. The quantitative estimate of drug-likeness (QED) is 0.396. The van der Waals surface area contributed by atoms with Gasteiger partial charge in [0.1, 0.15) is 6.04 Å². The number of rotatable bonds is 10. The number of thioether (sulfide) groups is 1. The zero-order valence-electron chi connectivity index (χ0n) is 16.9. The number of carbonyl (C=O) groups excluding carboxylic acids is 2. The molecule has 160 valence electrons. The second kappa shape index (κ2) is 11.0. The Morgan fingerprint density at radius 1 is 1.10 bits per heavy atom. The molecule has 7 N–H and O–H groups in total. The van der Waals surface area contributed by atoms with Crippen LogP contribution in [0.5, 0.6) is 0 Å². The molecule has 0 spiro atoms. The first kappa shape index (κ1) is 22.1. The number of anilines is 2. The molecule has 3 rings (SSSR count). The highest BCUT2D eigenvalue weighted by Gasteiger charge is 2.24. The van der Waals surface area contributed by atoms with Crippen LogP contribution >= 0.6 is 11.8 Å². The molecule has 1 aliphatic rings. The molecule has 2 aromatic rings. The minimum Gasteiger partial charge on any atom is -0.375 e. The van der Waals surface area contributed by atoms with Gasteiger partial charge in [-0.3, -0.25) is 9.59 Å². The van der Waals surface area contributed by atoms with Crippen molar-refractivity contribution >= 4 is 35.0 Å². The van der Waals surface area contributed by atoms with Gasteiger partial charge in [-0.25, -0.2) is 0 Å². The van der Waals surface area contributed by atoms with Crippen LogP contribution in [0.3, 0.4) is 0 Å². The maximum atomic E-state index is 13.0. The van der Waals surface area contributed by atoms with Gasteiger partial charge < -0.3 is 27.4 Å². The molecule has 2 amide bonds. The number of hydrogen-bond acceptors (Lipinski definition) is 6. The molecule has 30 heavy (non-hydrogen) atoms. The molecule has 2 aromatic carbocycles. The van der Waals surface area contributed by atoms with Gasteiger partial charge in [-0.1, -0.05) is 30.3 Å². The largest absolute Gasteiger partial charge is 0.375 e. The van der Waals surface area contributed by atoms with Crippen LogP contribution in [0.4, 0.5) is 11.4 Å². The van der Waals surface area contributed by atoms with Gasteiger partial charge >= 0.3 is 0 Å². The lowest BCUT2D eigenvalue weighted by Gasteiger charge is -2.21. The van der Waals surface area contributed by atoms with Gasteiger partial charge in [-0.15, -0.1) is 11.8 Å². The first-order valence-corrected chi connectivity index (χ1v) is 11.2. The molecule has 0 saturated heterocycles. The molecular weight excluding hydrogens is 398 g/mol. The van der Waals surface area contributed by atoms with Crippen LogP contribution in [0.15, 0.2) is 53.4 Å². The normalized spacial score (nSPS) is 14.3. The molecular formula is C22H29N5O2S. The van der Waals surface area contributed by atoms with E-state index in [0.29, 0.717) is 37.9 Å². The monoisotopic (exact) mass is 427 g/mol. The van der Waals surface area contributed by atoms with E-state index >= 15 is 0 Å². The highest BCUT2D eigenvalue weighted by Crippen LogP contribution is 2.35. The van der Waals surface area contributed by atoms with Crippen LogP contribution in [0.1, 0.15) is 24.8 Å². The van der Waals surface area contributed by atoms with Gasteiger partial charge in [0.15, 0.2) is 0 Å². The Balaban J connectivity index is 1.66. The van der Waals surface area contributed by atoms with E-state index in [9.17, 15) is 9.59 Å². The number of benzene rings is 2. The van der Waals surface area contributed by atoms with Crippen LogP contribution in [0.2, 0.25) is 0 Å². The molecule has 8 heteroatoms. The Morgan fingerprint density at radius 3 is 2.67 bits per heavy atom. The number of nitrogens with two attached hydrogens (primary N) is 2. The van der Waals surface area contributed by atoms with Crippen LogP contribution in [0.25, 0.3) is 0 Å². The number of aryl methyl sites for hydroxylation is 1. The fraction of sp³-hybridized carbons (Fsp3) is 0.364. The number of amides is 2. The third-order valence-electron chi connectivity index (χ3n) is 4.99. The number of nitrogens with one attached hydrogen (secondary N) is 3. The van der Waals surface area contributed by atoms with Crippen molar-refractivity contribution in [2.45, 2.75) is 42.7 Å². The molecule has 0 aromatic heterocycles. The van der Waals surface area contributed by atoms with Crippen molar-refractivity contribution in [3.63, 3.8) is 0 Å². The SMILES string of the molecule is NCCC[C@H](N)C(=O)N[C@H](CCc1ccccc1)C(=O)Nc1ccc2c(c1)SCN2. The van der Waals surface area contributed by atoms with E-state index in [1.165, 1.54) is 0 Å². The topological polar surface area (TPSA) is 122 Å². The Kier molecular flexibility index (Phi) is 8.12. The van der Waals surface area contributed by atoms with Crippen molar-refractivity contribution in [1.29, 1.82) is 0 Å². The lowest BCUT2D eigenvalue weighted by Crippen LogP contribution is -2.50. The van der Waals surface area contributed by atoms with Crippen LogP contribution < -0.4 is 27.4 Å². The van der Waals surface area contributed by atoms with Gasteiger partial charge in [0.25, 0.3) is 0 Å². The molecule has 0 radical (unpaired) electrons. The number of carbonyl (C=O) groups is 2. The van der Waals surface area contributed by atoms with E-state index in [1.54, 1.807) is 11.8 Å². The van der Waals surface area contributed by atoms with E-state index in [4.69, 9.17) is 11.5 Å². The Morgan fingerprint density at radius 2 is 1.90 bits per heavy atom. The fourth-order valence-electron chi connectivity index (χ4n) is 3.26. The van der Waals surface area contributed by atoms with Crippen LogP contribution in [-0.2, 0) is 16.0 Å². The summed E-state index contributed by atoms with van der Waals surface area (Å²) >= 11 is 1.69. The molecule has 0 fully saturated rings. The Bertz CT molecular complexity index is 862. The van der Waals surface area contributed by atoms with E-state index in [-0.39, 0.29) is 11.8 Å². The van der Waals surface area contributed by atoms with Crippen LogP contribution in [-0.4, -0.2) is 36.3 Å². The molecule has 0 bridgehead atoms. The summed E-state index contributed by atoms with van der Waals surface area (Å²) in [5.41, 5.74) is 14.4. The minimum atomic E-state index is -0.680. The predicted molar refractivity (Wildman–Crippen MR) is 122 cm³/mol. The van der Waals surface area contributed by atoms with Crippen molar-refractivity contribution in [1.82, 2.24) is 5.32 Å². The molecule has 2 atom stereocenters. The second-order valence-corrected chi connectivity index (χ2v) is 8.31. The summed E-state index contributed by atoms with van der Waals surface area (Å²) in [4.78, 5) is 26.6. The number of hydrogen-bond donors (Lipinski definition) is 5. The smallest absolute Gasteiger partial charge is 0.246 e. The van der Waals surface area contributed by atoms with Gasteiger partial charge in [-0.2, -0.15) is 0 Å². The average molecular weight is 428 g/mol. The van der Waals surface area contributed by atoms with Crippen molar-refractivity contribution in [3.05, 3.63) is 54.1 Å². The summed E-state index contributed by atoms with van der Waals surface area (Å²) in [5.74, 6) is 0.245. The molecule has 0 unspecified atom stereocenters. The lowest BCUT2D eigenvalue weighted by molar-refractivity contribution is -0.127. The first-order chi connectivity index (χ1) is 14.6. The summed E-state index contributed by atoms with van der Waals surface area (Å²) in [6.45, 7) is 0.476. The average Bonchev–Trinajstić information content (AvgIpc) is 3.23. The van der Waals surface area contributed by atoms with Crippen molar-refractivity contribution in [2.24, 2.45) is 11.5 Å². The zero-order valence-corrected chi connectivity index (χ0v) is 17.7. The fourth-order valence-corrected chi connectivity index (χ4v) is 4.15. The summed E-state index contributed by atoms with van der Waals surface area (Å²) in [6, 6.07) is 14.3.